The van der Waals surface area contributed by atoms with Gasteiger partial charge in [-0.05, 0) is 0 Å². The summed E-state index contributed by atoms with van der Waals surface area (Å²) < 4.78 is 0. The van der Waals surface area contributed by atoms with Crippen molar-refractivity contribution in [1.82, 2.24) is 0 Å². The molecule has 0 saturated heterocycles. The van der Waals surface area contributed by atoms with Crippen LogP contribution in [-0.4, -0.2) is 11.7 Å². The van der Waals surface area contributed by atoms with Gasteiger partial charge in [0.1, 0.15) is 6.21 Å². The SMILES string of the molecule is C1=[NH+]c2ccccc2C1.[OH-]. The van der Waals surface area contributed by atoms with Crippen LogP contribution in [0.25, 0.3) is 0 Å². The molecule has 1 aromatic carbocycles. The summed E-state index contributed by atoms with van der Waals surface area (Å²) in [7, 11) is 0. The van der Waals surface area contributed by atoms with Crippen molar-refractivity contribution in [2.45, 2.75) is 6.42 Å². The number of hydrogen-bond donors (Lipinski definition) is 1. The van der Waals surface area contributed by atoms with Crippen molar-refractivity contribution in [2.75, 3.05) is 0 Å². The molecule has 0 bridgehead atoms. The maximum absolute atomic E-state index is 3.18. The lowest BCUT2D eigenvalue weighted by atomic mass is 10.2. The van der Waals surface area contributed by atoms with Crippen LogP contribution in [0.15, 0.2) is 24.3 Å². The highest BCUT2D eigenvalue weighted by Crippen LogP contribution is 2.09. The van der Waals surface area contributed by atoms with Gasteiger partial charge in [-0.25, -0.2) is 4.99 Å². The van der Waals surface area contributed by atoms with E-state index >= 15 is 0 Å². The maximum Gasteiger partial charge on any atom is 0.206 e. The summed E-state index contributed by atoms with van der Waals surface area (Å²) in [5.41, 5.74) is 2.66. The highest BCUT2D eigenvalue weighted by Gasteiger charge is 2.09. The highest BCUT2D eigenvalue weighted by atomic mass is 16.0. The number of hydrogen-bond acceptors (Lipinski definition) is 1. The first-order valence-electron chi connectivity index (χ1n) is 3.13. The smallest absolute Gasteiger partial charge is 0.206 e. The van der Waals surface area contributed by atoms with Gasteiger partial charge in [0.05, 0.1) is 6.42 Å². The average molecular weight is 135 g/mol. The van der Waals surface area contributed by atoms with E-state index in [1.165, 1.54) is 11.3 Å². The molecule has 0 fully saturated rings. The Balaban J connectivity index is 0.000000500. The normalized spacial score (nSPS) is 12.4. The van der Waals surface area contributed by atoms with E-state index in [1.807, 2.05) is 6.07 Å². The van der Waals surface area contributed by atoms with Crippen LogP contribution in [-0.2, 0) is 6.42 Å². The molecule has 0 aliphatic carbocycles. The molecule has 0 saturated carbocycles. The molecule has 0 aromatic heterocycles. The largest absolute Gasteiger partial charge is 0.870 e. The molecule has 0 atom stereocenters. The zero-order valence-corrected chi connectivity index (χ0v) is 5.54. The molecule has 10 heavy (non-hydrogen) atoms. The summed E-state index contributed by atoms with van der Waals surface area (Å²) >= 11 is 0. The van der Waals surface area contributed by atoms with E-state index in [2.05, 4.69) is 29.4 Å². The van der Waals surface area contributed by atoms with Gasteiger partial charge in [-0.15, -0.1) is 0 Å². The lowest BCUT2D eigenvalue weighted by molar-refractivity contribution is -0.343. The third kappa shape index (κ3) is 0.933. The van der Waals surface area contributed by atoms with Crippen LogP contribution in [0.3, 0.4) is 0 Å². The molecule has 2 N–H and O–H groups in total. The van der Waals surface area contributed by atoms with Gasteiger partial charge < -0.3 is 5.48 Å². The van der Waals surface area contributed by atoms with E-state index in [1.54, 1.807) is 0 Å². The summed E-state index contributed by atoms with van der Waals surface area (Å²) in [6.45, 7) is 0. The van der Waals surface area contributed by atoms with Gasteiger partial charge in [0.25, 0.3) is 0 Å². The average Bonchev–Trinajstić information content (AvgIpc) is 2.33. The summed E-state index contributed by atoms with van der Waals surface area (Å²) in [5, 5.41) is 0. The van der Waals surface area contributed by atoms with Crippen LogP contribution in [0, 0.1) is 0 Å². The Morgan fingerprint density at radius 2 is 2.00 bits per heavy atom. The van der Waals surface area contributed by atoms with E-state index in [0.29, 0.717) is 0 Å². The van der Waals surface area contributed by atoms with Crippen molar-refractivity contribution in [3.05, 3.63) is 29.8 Å². The Kier molecular flexibility index (Phi) is 1.83. The summed E-state index contributed by atoms with van der Waals surface area (Å²) in [4.78, 5) is 3.18. The monoisotopic (exact) mass is 135 g/mol. The molecule has 0 radical (unpaired) electrons. The van der Waals surface area contributed by atoms with Crippen molar-refractivity contribution in [3.8, 4) is 0 Å². The highest BCUT2D eigenvalue weighted by molar-refractivity contribution is 5.65. The van der Waals surface area contributed by atoms with Crippen LogP contribution < -0.4 is 4.99 Å². The van der Waals surface area contributed by atoms with Crippen LogP contribution in [0.2, 0.25) is 0 Å². The summed E-state index contributed by atoms with van der Waals surface area (Å²) in [5.74, 6) is 0. The molecule has 0 spiro atoms. The second kappa shape index (κ2) is 2.62. The zero-order valence-electron chi connectivity index (χ0n) is 5.54. The minimum atomic E-state index is 0. The first kappa shape index (κ1) is 6.96. The Morgan fingerprint density at radius 1 is 1.20 bits per heavy atom. The Bertz CT molecular complexity index is 255. The van der Waals surface area contributed by atoms with E-state index in [0.717, 1.165) is 6.42 Å². The fraction of sp³-hybridized carbons (Fsp3) is 0.125. The second-order valence-corrected chi connectivity index (χ2v) is 2.21. The van der Waals surface area contributed by atoms with Crippen molar-refractivity contribution in [1.29, 1.82) is 0 Å². The zero-order chi connectivity index (χ0) is 6.10. The van der Waals surface area contributed by atoms with Gasteiger partial charge in [-0.2, -0.15) is 0 Å². The van der Waals surface area contributed by atoms with Crippen molar-refractivity contribution in [3.63, 3.8) is 0 Å². The third-order valence-electron chi connectivity index (χ3n) is 1.60. The molecule has 1 aliphatic rings. The van der Waals surface area contributed by atoms with Crippen LogP contribution in [0.5, 0.6) is 0 Å². The topological polar surface area (TPSA) is 44.0 Å². The predicted octanol–water partition coefficient (Wildman–Crippen LogP) is -0.151. The summed E-state index contributed by atoms with van der Waals surface area (Å²) in [6.07, 6.45) is 3.14. The van der Waals surface area contributed by atoms with Crippen molar-refractivity contribution >= 4 is 11.9 Å². The fourth-order valence-electron chi connectivity index (χ4n) is 1.11. The lowest BCUT2D eigenvalue weighted by Crippen LogP contribution is -2.58. The molecule has 0 unspecified atom stereocenters. The van der Waals surface area contributed by atoms with Crippen molar-refractivity contribution in [2.24, 2.45) is 0 Å². The van der Waals surface area contributed by atoms with E-state index in [4.69, 9.17) is 0 Å². The number of fused-ring (bicyclic) bond motifs is 1. The van der Waals surface area contributed by atoms with E-state index in [-0.39, 0.29) is 5.48 Å². The van der Waals surface area contributed by atoms with E-state index in [9.17, 15) is 0 Å². The van der Waals surface area contributed by atoms with Gasteiger partial charge in [0.15, 0.2) is 0 Å². The number of nitrogens with one attached hydrogen (secondary N) is 1. The standard InChI is InChI=1S/C8H7N.H2O/c1-2-4-8-7(3-1)5-6-9-8;/h1-4,6H,5H2;1H2. The number of para-hydroxylation sites is 1. The molecule has 2 nitrogen and oxygen atoms in total. The third-order valence-corrected chi connectivity index (χ3v) is 1.60. The van der Waals surface area contributed by atoms with Gasteiger partial charge in [0.2, 0.25) is 5.69 Å². The number of rotatable bonds is 0. The van der Waals surface area contributed by atoms with E-state index < -0.39 is 0 Å². The lowest BCUT2D eigenvalue weighted by Gasteiger charge is -1.85. The first-order valence-corrected chi connectivity index (χ1v) is 3.13. The fourth-order valence-corrected chi connectivity index (χ4v) is 1.11. The minimum absolute atomic E-state index is 0. The van der Waals surface area contributed by atoms with Crippen molar-refractivity contribution < 1.29 is 10.5 Å². The molecule has 0 amide bonds. The molecule has 1 heterocycles. The Morgan fingerprint density at radius 3 is 2.80 bits per heavy atom. The van der Waals surface area contributed by atoms with Crippen LogP contribution in [0.4, 0.5) is 5.69 Å². The number of benzene rings is 1. The molecule has 1 aliphatic heterocycles. The van der Waals surface area contributed by atoms with Gasteiger partial charge in [0, 0.05) is 11.6 Å². The molecule has 52 valence electrons. The maximum atomic E-state index is 3.18. The predicted molar refractivity (Wildman–Crippen MR) is 38.8 cm³/mol. The Labute approximate surface area is 59.5 Å². The quantitative estimate of drug-likeness (QED) is 0.528. The van der Waals surface area contributed by atoms with Gasteiger partial charge in [-0.1, -0.05) is 18.2 Å². The second-order valence-electron chi connectivity index (χ2n) is 2.21. The minimum Gasteiger partial charge on any atom is -0.870 e. The first-order chi connectivity index (χ1) is 4.47. The van der Waals surface area contributed by atoms with Gasteiger partial charge in [-0.3, -0.25) is 0 Å². The van der Waals surface area contributed by atoms with Crippen LogP contribution in [0.1, 0.15) is 5.56 Å². The summed E-state index contributed by atoms with van der Waals surface area (Å²) in [6, 6.07) is 8.36. The molecular weight excluding hydrogens is 126 g/mol. The molecule has 2 heteroatoms. The molecular formula is C8H9NO. The Hall–Kier alpha value is -1.15. The molecule has 2 rings (SSSR count). The van der Waals surface area contributed by atoms with Crippen LogP contribution >= 0.6 is 0 Å². The van der Waals surface area contributed by atoms with Gasteiger partial charge >= 0.3 is 0 Å². The molecule has 1 aromatic rings.